The molecule has 0 spiro atoms. The maximum atomic E-state index is 9.29. The Bertz CT molecular complexity index is 493. The zero-order chi connectivity index (χ0) is 10.4. The summed E-state index contributed by atoms with van der Waals surface area (Å²) in [5.74, 6) is 0.799. The molecule has 1 aliphatic carbocycles. The quantitative estimate of drug-likeness (QED) is 0.820. The Morgan fingerprint density at radius 1 is 1.53 bits per heavy atom. The number of aryl methyl sites for hydroxylation is 1. The van der Waals surface area contributed by atoms with E-state index in [1.165, 1.54) is 12.8 Å². The number of hydrogen-bond acceptors (Lipinski definition) is 2. The highest BCUT2D eigenvalue weighted by Gasteiger charge is 2.24. The van der Waals surface area contributed by atoms with Crippen LogP contribution in [0.1, 0.15) is 18.5 Å². The molecule has 0 atom stereocenters. The molecule has 0 bridgehead atoms. The van der Waals surface area contributed by atoms with Crippen molar-refractivity contribution in [3.8, 4) is 0 Å². The average molecular weight is 205 g/mol. The Labute approximate surface area is 88.1 Å². The molecular weight excluding hydrogens is 190 g/mol. The third-order valence-corrected chi connectivity index (χ3v) is 3.06. The molecule has 0 aliphatic heterocycles. The topological polar surface area (TPSA) is 43.0 Å². The Morgan fingerprint density at radius 2 is 2.33 bits per heavy atom. The number of rotatable bonds is 3. The molecule has 80 valence electrons. The van der Waals surface area contributed by atoms with Crippen molar-refractivity contribution in [1.29, 1.82) is 0 Å². The van der Waals surface area contributed by atoms with Crippen LogP contribution < -0.4 is 0 Å². The summed E-state index contributed by atoms with van der Waals surface area (Å²) in [6, 6.07) is 2.03. The number of aliphatic hydroxyl groups is 1. The molecule has 2 aromatic heterocycles. The molecule has 0 radical (unpaired) electrons. The van der Waals surface area contributed by atoms with Gasteiger partial charge in [0.1, 0.15) is 0 Å². The number of hydrogen-bond donors (Lipinski definition) is 1. The van der Waals surface area contributed by atoms with Crippen molar-refractivity contribution in [3.05, 3.63) is 18.0 Å². The predicted molar refractivity (Wildman–Crippen MR) is 57.4 cm³/mol. The predicted octanol–water partition coefficient (Wildman–Crippen LogP) is 1.28. The average Bonchev–Trinajstić information content (AvgIpc) is 2.87. The number of fused-ring (bicyclic) bond motifs is 1. The van der Waals surface area contributed by atoms with Crippen molar-refractivity contribution in [2.45, 2.75) is 26.0 Å². The standard InChI is InChI=1S/C11H15N3O/c1-13-6-9-4-10(7-15)14(11(9)12-13)5-8-2-3-8/h4,6,8,15H,2-3,5,7H2,1H3. The molecule has 0 saturated heterocycles. The highest BCUT2D eigenvalue weighted by Crippen LogP contribution is 2.32. The molecule has 0 unspecified atom stereocenters. The molecule has 1 N–H and O–H groups in total. The van der Waals surface area contributed by atoms with Gasteiger partial charge in [-0.1, -0.05) is 0 Å². The highest BCUT2D eigenvalue weighted by atomic mass is 16.3. The van der Waals surface area contributed by atoms with Gasteiger partial charge in [0.2, 0.25) is 0 Å². The lowest BCUT2D eigenvalue weighted by atomic mass is 10.4. The second-order valence-corrected chi connectivity index (χ2v) is 4.43. The first-order chi connectivity index (χ1) is 7.28. The van der Waals surface area contributed by atoms with E-state index in [0.717, 1.165) is 29.2 Å². The van der Waals surface area contributed by atoms with E-state index < -0.39 is 0 Å². The van der Waals surface area contributed by atoms with E-state index in [1.54, 1.807) is 0 Å². The normalized spacial score (nSPS) is 16.4. The molecular formula is C11H15N3O. The minimum atomic E-state index is 0.104. The summed E-state index contributed by atoms with van der Waals surface area (Å²) < 4.78 is 3.99. The van der Waals surface area contributed by atoms with Crippen LogP contribution in [0.4, 0.5) is 0 Å². The molecule has 3 rings (SSSR count). The summed E-state index contributed by atoms with van der Waals surface area (Å²) in [4.78, 5) is 0. The van der Waals surface area contributed by atoms with Gasteiger partial charge in [0.05, 0.1) is 6.61 Å². The lowest BCUT2D eigenvalue weighted by Crippen LogP contribution is -2.05. The van der Waals surface area contributed by atoms with Gasteiger partial charge in [-0.05, 0) is 24.8 Å². The van der Waals surface area contributed by atoms with Gasteiger partial charge >= 0.3 is 0 Å². The van der Waals surface area contributed by atoms with Gasteiger partial charge in [-0.3, -0.25) is 4.68 Å². The molecule has 1 fully saturated rings. The van der Waals surface area contributed by atoms with Crippen molar-refractivity contribution in [2.24, 2.45) is 13.0 Å². The molecule has 2 aromatic rings. The fraction of sp³-hybridized carbons (Fsp3) is 0.545. The van der Waals surface area contributed by atoms with Crippen LogP contribution in [0.15, 0.2) is 12.3 Å². The second kappa shape index (κ2) is 3.10. The maximum Gasteiger partial charge on any atom is 0.162 e. The van der Waals surface area contributed by atoms with Crippen LogP contribution in [0.3, 0.4) is 0 Å². The van der Waals surface area contributed by atoms with Crippen LogP contribution in [0.5, 0.6) is 0 Å². The summed E-state index contributed by atoms with van der Waals surface area (Å²) in [6.07, 6.45) is 4.63. The summed E-state index contributed by atoms with van der Waals surface area (Å²) in [5, 5.41) is 14.8. The van der Waals surface area contributed by atoms with Crippen molar-refractivity contribution in [2.75, 3.05) is 0 Å². The highest BCUT2D eigenvalue weighted by molar-refractivity contribution is 5.77. The first-order valence-corrected chi connectivity index (χ1v) is 5.40. The summed E-state index contributed by atoms with van der Waals surface area (Å²) in [6.45, 7) is 1.11. The van der Waals surface area contributed by atoms with E-state index in [0.29, 0.717) is 0 Å². The van der Waals surface area contributed by atoms with E-state index in [-0.39, 0.29) is 6.61 Å². The number of nitrogens with zero attached hydrogens (tertiary/aromatic N) is 3. The van der Waals surface area contributed by atoms with Gasteiger partial charge in [0, 0.05) is 30.9 Å². The van der Waals surface area contributed by atoms with Crippen LogP contribution in [0.25, 0.3) is 11.0 Å². The molecule has 0 amide bonds. The van der Waals surface area contributed by atoms with Gasteiger partial charge in [-0.15, -0.1) is 0 Å². The Morgan fingerprint density at radius 3 is 3.00 bits per heavy atom. The van der Waals surface area contributed by atoms with Crippen molar-refractivity contribution < 1.29 is 5.11 Å². The first kappa shape index (κ1) is 8.97. The fourth-order valence-corrected chi connectivity index (χ4v) is 2.09. The van der Waals surface area contributed by atoms with Crippen molar-refractivity contribution in [1.82, 2.24) is 14.3 Å². The van der Waals surface area contributed by atoms with Crippen LogP contribution in [-0.2, 0) is 20.2 Å². The lowest BCUT2D eigenvalue weighted by molar-refractivity contribution is 0.270. The van der Waals surface area contributed by atoms with Crippen LogP contribution >= 0.6 is 0 Å². The minimum Gasteiger partial charge on any atom is -0.390 e. The summed E-state index contributed by atoms with van der Waals surface area (Å²) in [7, 11) is 1.93. The molecule has 4 heteroatoms. The largest absolute Gasteiger partial charge is 0.390 e. The van der Waals surface area contributed by atoms with Crippen molar-refractivity contribution in [3.63, 3.8) is 0 Å². The van der Waals surface area contributed by atoms with E-state index in [2.05, 4.69) is 9.67 Å². The van der Waals surface area contributed by atoms with Crippen LogP contribution in [0, 0.1) is 5.92 Å². The van der Waals surface area contributed by atoms with Gasteiger partial charge in [0.25, 0.3) is 0 Å². The van der Waals surface area contributed by atoms with Gasteiger partial charge in [-0.25, -0.2) is 0 Å². The fourth-order valence-electron chi connectivity index (χ4n) is 2.09. The lowest BCUT2D eigenvalue weighted by Gasteiger charge is -2.06. The summed E-state index contributed by atoms with van der Waals surface area (Å²) >= 11 is 0. The van der Waals surface area contributed by atoms with Crippen LogP contribution in [0.2, 0.25) is 0 Å². The maximum absolute atomic E-state index is 9.29. The Balaban J connectivity index is 2.10. The van der Waals surface area contributed by atoms with E-state index in [1.807, 2.05) is 24.0 Å². The molecule has 2 heterocycles. The third kappa shape index (κ3) is 1.45. The number of aliphatic hydroxyl groups excluding tert-OH is 1. The van der Waals surface area contributed by atoms with Gasteiger partial charge in [0.15, 0.2) is 5.65 Å². The van der Waals surface area contributed by atoms with E-state index in [9.17, 15) is 5.11 Å². The van der Waals surface area contributed by atoms with E-state index >= 15 is 0 Å². The molecule has 1 saturated carbocycles. The molecule has 4 nitrogen and oxygen atoms in total. The third-order valence-electron chi connectivity index (χ3n) is 3.06. The minimum absolute atomic E-state index is 0.104. The van der Waals surface area contributed by atoms with E-state index in [4.69, 9.17) is 0 Å². The zero-order valence-electron chi connectivity index (χ0n) is 8.85. The first-order valence-electron chi connectivity index (χ1n) is 5.40. The molecule has 1 aliphatic rings. The second-order valence-electron chi connectivity index (χ2n) is 4.43. The smallest absolute Gasteiger partial charge is 0.162 e. The monoisotopic (exact) mass is 205 g/mol. The molecule has 15 heavy (non-hydrogen) atoms. The number of aromatic nitrogens is 3. The SMILES string of the molecule is Cn1cc2cc(CO)n(CC3CC3)c2n1. The zero-order valence-corrected chi connectivity index (χ0v) is 8.85. The molecule has 0 aromatic carbocycles. The van der Waals surface area contributed by atoms with Gasteiger partial charge in [-0.2, -0.15) is 5.10 Å². The summed E-state index contributed by atoms with van der Waals surface area (Å²) in [5.41, 5.74) is 1.99. The van der Waals surface area contributed by atoms with Gasteiger partial charge < -0.3 is 9.67 Å². The van der Waals surface area contributed by atoms with Crippen LogP contribution in [-0.4, -0.2) is 19.5 Å². The Hall–Kier alpha value is -1.29. The van der Waals surface area contributed by atoms with Crippen molar-refractivity contribution >= 4 is 11.0 Å². The Kier molecular flexibility index (Phi) is 1.85.